The fraction of sp³-hybridized carbons (Fsp3) is 0.250. The first-order valence-corrected chi connectivity index (χ1v) is 8.46. The van der Waals surface area contributed by atoms with Crippen LogP contribution in [-0.2, 0) is 9.57 Å². The zero-order valence-corrected chi connectivity index (χ0v) is 15.1. The van der Waals surface area contributed by atoms with Crippen molar-refractivity contribution in [1.82, 2.24) is 5.06 Å². The van der Waals surface area contributed by atoms with E-state index in [2.05, 4.69) is 0 Å². The van der Waals surface area contributed by atoms with E-state index in [1.807, 2.05) is 0 Å². The van der Waals surface area contributed by atoms with Gasteiger partial charge in [0.25, 0.3) is 11.8 Å². The number of rotatable bonds is 7. The third-order valence-electron chi connectivity index (χ3n) is 4.19. The summed E-state index contributed by atoms with van der Waals surface area (Å²) < 4.78 is 10.6. The Morgan fingerprint density at radius 2 is 1.63 bits per heavy atom. The van der Waals surface area contributed by atoms with Crippen molar-refractivity contribution in [3.63, 3.8) is 0 Å². The van der Waals surface area contributed by atoms with Gasteiger partial charge >= 0.3 is 5.97 Å². The summed E-state index contributed by atoms with van der Waals surface area (Å²) in [5.74, 6) is -1.59. The van der Waals surface area contributed by atoms with Gasteiger partial charge in [-0.05, 0) is 31.2 Å². The molecule has 2 amide bonds. The quantitative estimate of drug-likeness (QED) is 0.551. The van der Waals surface area contributed by atoms with Crippen LogP contribution in [0.2, 0.25) is 0 Å². The first-order valence-electron chi connectivity index (χ1n) is 8.46. The predicted molar refractivity (Wildman–Crippen MR) is 95.5 cm³/mol. The van der Waals surface area contributed by atoms with E-state index in [1.165, 1.54) is 12.1 Å². The number of amides is 2. The molecule has 0 N–H and O–H groups in total. The van der Waals surface area contributed by atoms with Crippen molar-refractivity contribution in [2.45, 2.75) is 13.3 Å². The van der Waals surface area contributed by atoms with Crippen LogP contribution in [0, 0.1) is 6.92 Å². The van der Waals surface area contributed by atoms with Gasteiger partial charge in [0, 0.05) is 25.7 Å². The smallest absolute Gasteiger partial charge is 0.364 e. The molecular weight excluding hydrogens is 350 g/mol. The lowest BCUT2D eigenvalue weighted by atomic mass is 10.1. The molecule has 0 saturated heterocycles. The van der Waals surface area contributed by atoms with Gasteiger partial charge in [-0.1, -0.05) is 23.3 Å². The van der Waals surface area contributed by atoms with Gasteiger partial charge in [0.05, 0.1) is 23.3 Å². The zero-order valence-electron chi connectivity index (χ0n) is 15.1. The maximum Gasteiger partial charge on any atom is 0.364 e. The Kier molecular flexibility index (Phi) is 5.52. The summed E-state index contributed by atoms with van der Waals surface area (Å²) >= 11 is 0. The summed E-state index contributed by atoms with van der Waals surface area (Å²) in [5, 5.41) is 0.499. The molecule has 1 aliphatic rings. The van der Waals surface area contributed by atoms with Crippen molar-refractivity contribution in [2.75, 3.05) is 20.3 Å². The molecule has 0 bridgehead atoms. The van der Waals surface area contributed by atoms with Gasteiger partial charge in [-0.2, -0.15) is 0 Å². The number of hydroxylamine groups is 2. The number of carbonyl (C=O) groups excluding carboxylic acids is 3. The standard InChI is InChI=1S/C20H19NO6/c1-13-14(9-5-10-17(13)26-12-6-11-25-2)20(24)27-21-18(22)15-7-3-4-8-16(15)19(21)23/h3-5,7-10H,6,11-12H2,1-2H3. The van der Waals surface area contributed by atoms with Crippen molar-refractivity contribution in [3.8, 4) is 5.75 Å². The van der Waals surface area contributed by atoms with E-state index >= 15 is 0 Å². The highest BCUT2D eigenvalue weighted by molar-refractivity contribution is 6.21. The van der Waals surface area contributed by atoms with Gasteiger partial charge in [0.1, 0.15) is 5.75 Å². The fourth-order valence-corrected chi connectivity index (χ4v) is 2.76. The number of imide groups is 1. The zero-order chi connectivity index (χ0) is 19.4. The summed E-state index contributed by atoms with van der Waals surface area (Å²) in [6, 6.07) is 11.3. The average molecular weight is 369 g/mol. The van der Waals surface area contributed by atoms with Crippen molar-refractivity contribution in [2.24, 2.45) is 0 Å². The van der Waals surface area contributed by atoms with Crippen LogP contribution in [0.15, 0.2) is 42.5 Å². The molecule has 0 saturated carbocycles. The molecule has 0 atom stereocenters. The minimum atomic E-state index is -0.802. The summed E-state index contributed by atoms with van der Waals surface area (Å²) in [6.07, 6.45) is 0.708. The summed E-state index contributed by atoms with van der Waals surface area (Å²) in [7, 11) is 1.61. The van der Waals surface area contributed by atoms with Crippen LogP contribution in [0.5, 0.6) is 5.75 Å². The number of nitrogens with zero attached hydrogens (tertiary/aromatic N) is 1. The van der Waals surface area contributed by atoms with E-state index in [9.17, 15) is 14.4 Å². The fourth-order valence-electron chi connectivity index (χ4n) is 2.76. The molecule has 3 rings (SSSR count). The summed E-state index contributed by atoms with van der Waals surface area (Å²) in [4.78, 5) is 42.3. The second-order valence-corrected chi connectivity index (χ2v) is 5.95. The molecule has 140 valence electrons. The van der Waals surface area contributed by atoms with E-state index in [1.54, 1.807) is 44.4 Å². The number of methoxy groups -OCH3 is 1. The minimum Gasteiger partial charge on any atom is -0.493 e. The lowest BCUT2D eigenvalue weighted by Gasteiger charge is -2.15. The molecule has 0 aromatic heterocycles. The van der Waals surface area contributed by atoms with Crippen molar-refractivity contribution in [3.05, 3.63) is 64.7 Å². The van der Waals surface area contributed by atoms with E-state index in [-0.39, 0.29) is 16.7 Å². The normalized spacial score (nSPS) is 12.9. The topological polar surface area (TPSA) is 82.1 Å². The second kappa shape index (κ2) is 8.01. The second-order valence-electron chi connectivity index (χ2n) is 5.95. The van der Waals surface area contributed by atoms with Crippen LogP contribution < -0.4 is 4.74 Å². The Morgan fingerprint density at radius 3 is 2.26 bits per heavy atom. The number of hydrogen-bond donors (Lipinski definition) is 0. The van der Waals surface area contributed by atoms with Crippen molar-refractivity contribution < 1.29 is 28.7 Å². The first kappa shape index (κ1) is 18.6. The lowest BCUT2D eigenvalue weighted by molar-refractivity contribution is -0.0585. The molecule has 27 heavy (non-hydrogen) atoms. The highest BCUT2D eigenvalue weighted by atomic mass is 16.7. The Hall–Kier alpha value is -3.19. The van der Waals surface area contributed by atoms with E-state index in [0.717, 1.165) is 0 Å². The molecule has 0 fully saturated rings. The molecule has 7 heteroatoms. The Bertz CT molecular complexity index is 857. The maximum absolute atomic E-state index is 12.5. The third kappa shape index (κ3) is 3.68. The van der Waals surface area contributed by atoms with Crippen LogP contribution in [0.3, 0.4) is 0 Å². The molecule has 2 aromatic rings. The maximum atomic E-state index is 12.5. The number of carbonyl (C=O) groups is 3. The Morgan fingerprint density at radius 1 is 0.963 bits per heavy atom. The number of hydrogen-bond acceptors (Lipinski definition) is 6. The molecule has 7 nitrogen and oxygen atoms in total. The molecule has 1 heterocycles. The van der Waals surface area contributed by atoms with Gasteiger partial charge in [0.15, 0.2) is 0 Å². The number of benzene rings is 2. The van der Waals surface area contributed by atoms with E-state index in [4.69, 9.17) is 14.3 Å². The van der Waals surface area contributed by atoms with Crippen LogP contribution in [-0.4, -0.2) is 43.2 Å². The Balaban J connectivity index is 1.74. The molecule has 1 aliphatic heterocycles. The van der Waals surface area contributed by atoms with Gasteiger partial charge in [0.2, 0.25) is 0 Å². The van der Waals surface area contributed by atoms with Gasteiger partial charge in [-0.25, -0.2) is 4.79 Å². The average Bonchev–Trinajstić information content (AvgIpc) is 2.91. The Labute approximate surface area is 156 Å². The monoisotopic (exact) mass is 369 g/mol. The summed E-state index contributed by atoms with van der Waals surface area (Å²) in [5.41, 5.74) is 1.21. The van der Waals surface area contributed by atoms with E-state index < -0.39 is 17.8 Å². The van der Waals surface area contributed by atoms with E-state index in [0.29, 0.717) is 36.0 Å². The van der Waals surface area contributed by atoms with Crippen molar-refractivity contribution >= 4 is 17.8 Å². The minimum absolute atomic E-state index is 0.210. The first-order chi connectivity index (χ1) is 13.0. The third-order valence-corrected chi connectivity index (χ3v) is 4.19. The van der Waals surface area contributed by atoms with Crippen LogP contribution in [0.1, 0.15) is 43.1 Å². The highest BCUT2D eigenvalue weighted by Crippen LogP contribution is 2.26. The van der Waals surface area contributed by atoms with Gasteiger partial charge < -0.3 is 14.3 Å². The number of fused-ring (bicyclic) bond motifs is 1. The largest absolute Gasteiger partial charge is 0.493 e. The molecule has 0 aliphatic carbocycles. The van der Waals surface area contributed by atoms with Gasteiger partial charge in [-0.3, -0.25) is 9.59 Å². The SMILES string of the molecule is COCCCOc1cccc(C(=O)ON2C(=O)c3ccccc3C2=O)c1C. The molecular formula is C20H19NO6. The van der Waals surface area contributed by atoms with Crippen molar-refractivity contribution in [1.29, 1.82) is 0 Å². The number of ether oxygens (including phenoxy) is 2. The summed E-state index contributed by atoms with van der Waals surface area (Å²) in [6.45, 7) is 2.72. The molecule has 2 aromatic carbocycles. The van der Waals surface area contributed by atoms with Crippen LogP contribution in [0.4, 0.5) is 0 Å². The molecule has 0 spiro atoms. The van der Waals surface area contributed by atoms with Crippen LogP contribution >= 0.6 is 0 Å². The lowest BCUT2D eigenvalue weighted by Crippen LogP contribution is -2.32. The highest BCUT2D eigenvalue weighted by Gasteiger charge is 2.39. The predicted octanol–water partition coefficient (Wildman–Crippen LogP) is 2.78. The van der Waals surface area contributed by atoms with Crippen LogP contribution in [0.25, 0.3) is 0 Å². The molecule has 0 unspecified atom stereocenters. The van der Waals surface area contributed by atoms with Gasteiger partial charge in [-0.15, -0.1) is 0 Å². The molecule has 0 radical (unpaired) electrons.